The molecule has 0 unspecified atom stereocenters. The normalized spacial score (nSPS) is 19.4. The number of nitrogens with zero attached hydrogens (tertiary/aromatic N) is 2. The summed E-state index contributed by atoms with van der Waals surface area (Å²) in [6, 6.07) is 14.5. The molecule has 3 N–H and O–H groups in total. The van der Waals surface area contributed by atoms with Crippen LogP contribution in [0.25, 0.3) is 10.9 Å². The van der Waals surface area contributed by atoms with Gasteiger partial charge in [-0.15, -0.1) is 0 Å². The molecule has 36 heavy (non-hydrogen) atoms. The second-order valence-corrected chi connectivity index (χ2v) is 9.87. The van der Waals surface area contributed by atoms with Crippen LogP contribution in [-0.4, -0.2) is 56.8 Å². The van der Waals surface area contributed by atoms with Gasteiger partial charge in [0.15, 0.2) is 0 Å². The SMILES string of the molecule is O=C(CCCCCCN1CC(=O)N2[C@@H](c3ccccc3Cl)c3[nH]c4ccccc4c3C[C@H]2C1=O)NO. The summed E-state index contributed by atoms with van der Waals surface area (Å²) < 4.78 is 0. The van der Waals surface area contributed by atoms with Gasteiger partial charge in [0.05, 0.1) is 12.6 Å². The molecule has 3 aromatic rings. The number of amides is 3. The van der Waals surface area contributed by atoms with Gasteiger partial charge < -0.3 is 14.8 Å². The van der Waals surface area contributed by atoms with Crippen molar-refractivity contribution in [1.82, 2.24) is 20.3 Å². The van der Waals surface area contributed by atoms with Crippen molar-refractivity contribution in [3.63, 3.8) is 0 Å². The van der Waals surface area contributed by atoms with Crippen LogP contribution in [0.2, 0.25) is 5.02 Å². The number of benzene rings is 2. The van der Waals surface area contributed by atoms with E-state index in [0.717, 1.165) is 47.0 Å². The summed E-state index contributed by atoms with van der Waals surface area (Å²) in [5.41, 5.74) is 5.39. The van der Waals surface area contributed by atoms with E-state index in [1.807, 2.05) is 48.5 Å². The van der Waals surface area contributed by atoms with Crippen molar-refractivity contribution in [2.45, 2.75) is 50.6 Å². The molecule has 0 saturated carbocycles. The van der Waals surface area contributed by atoms with Crippen molar-refractivity contribution in [3.8, 4) is 0 Å². The number of rotatable bonds is 8. The van der Waals surface area contributed by atoms with E-state index >= 15 is 0 Å². The fraction of sp³-hybridized carbons (Fsp3) is 0.370. The number of hydroxylamine groups is 1. The number of nitrogens with one attached hydrogen (secondary N) is 2. The number of hydrogen-bond donors (Lipinski definition) is 3. The maximum Gasteiger partial charge on any atom is 0.246 e. The molecule has 188 valence electrons. The molecule has 0 spiro atoms. The molecular formula is C27H29ClN4O4. The number of halogens is 1. The van der Waals surface area contributed by atoms with Crippen LogP contribution in [-0.2, 0) is 20.8 Å². The van der Waals surface area contributed by atoms with Gasteiger partial charge in [0.2, 0.25) is 17.7 Å². The Labute approximate surface area is 214 Å². The summed E-state index contributed by atoms with van der Waals surface area (Å²) in [5, 5.41) is 10.2. The molecule has 3 heterocycles. The van der Waals surface area contributed by atoms with Gasteiger partial charge in [-0.2, -0.15) is 0 Å². The summed E-state index contributed by atoms with van der Waals surface area (Å²) in [6.07, 6.45) is 3.78. The van der Waals surface area contributed by atoms with Crippen LogP contribution in [0.1, 0.15) is 55.0 Å². The molecule has 2 aliphatic heterocycles. The lowest BCUT2D eigenvalue weighted by Gasteiger charge is -2.47. The first-order chi connectivity index (χ1) is 17.5. The molecule has 0 aliphatic carbocycles. The van der Waals surface area contributed by atoms with Gasteiger partial charge in [0.1, 0.15) is 6.04 Å². The fourth-order valence-corrected chi connectivity index (χ4v) is 5.77. The summed E-state index contributed by atoms with van der Waals surface area (Å²) in [6.45, 7) is 0.539. The number of hydrogen-bond acceptors (Lipinski definition) is 4. The Hall–Kier alpha value is -3.36. The molecule has 0 radical (unpaired) electrons. The van der Waals surface area contributed by atoms with E-state index in [4.69, 9.17) is 16.8 Å². The molecule has 0 bridgehead atoms. The van der Waals surface area contributed by atoms with E-state index in [1.165, 1.54) is 0 Å². The van der Waals surface area contributed by atoms with Gasteiger partial charge >= 0.3 is 0 Å². The number of aromatic amines is 1. The van der Waals surface area contributed by atoms with E-state index in [0.29, 0.717) is 24.4 Å². The zero-order valence-electron chi connectivity index (χ0n) is 19.9. The van der Waals surface area contributed by atoms with Crippen molar-refractivity contribution >= 4 is 40.2 Å². The van der Waals surface area contributed by atoms with Crippen LogP contribution < -0.4 is 5.48 Å². The minimum Gasteiger partial charge on any atom is -0.356 e. The number of unbranched alkanes of at least 4 members (excludes halogenated alkanes) is 3. The zero-order chi connectivity index (χ0) is 25.2. The molecule has 2 atom stereocenters. The van der Waals surface area contributed by atoms with Crippen molar-refractivity contribution in [1.29, 1.82) is 0 Å². The molecule has 1 saturated heterocycles. The molecule has 1 fully saturated rings. The third kappa shape index (κ3) is 4.47. The number of carbonyl (C=O) groups excluding carboxylic acids is 3. The second kappa shape index (κ2) is 10.3. The predicted octanol–water partition coefficient (Wildman–Crippen LogP) is 3.96. The third-order valence-corrected chi connectivity index (χ3v) is 7.59. The average molecular weight is 509 g/mol. The first kappa shape index (κ1) is 24.3. The first-order valence-corrected chi connectivity index (χ1v) is 12.7. The average Bonchev–Trinajstić information content (AvgIpc) is 3.26. The van der Waals surface area contributed by atoms with E-state index in [1.54, 1.807) is 15.3 Å². The Balaban J connectivity index is 1.40. The number of aromatic nitrogens is 1. The molecule has 1 aromatic heterocycles. The molecule has 8 nitrogen and oxygen atoms in total. The van der Waals surface area contributed by atoms with E-state index in [2.05, 4.69) is 4.98 Å². The van der Waals surface area contributed by atoms with Crippen molar-refractivity contribution in [2.75, 3.05) is 13.1 Å². The number of fused-ring (bicyclic) bond motifs is 4. The standard InChI is InChI=1S/C27H29ClN4O4/c28-20-11-6-4-10-18(20)26-25-19(17-9-5-7-12-21(17)29-25)15-22-27(35)31(16-24(34)32(22)26)14-8-2-1-3-13-23(33)30-36/h4-7,9-12,22,26,29,36H,1-3,8,13-16H2,(H,30,33)/t22-,26-/m0/s1. The van der Waals surface area contributed by atoms with Crippen LogP contribution in [0, 0.1) is 0 Å². The molecule has 3 amide bonds. The summed E-state index contributed by atoms with van der Waals surface area (Å²) in [7, 11) is 0. The lowest BCUT2D eigenvalue weighted by atomic mass is 9.86. The van der Waals surface area contributed by atoms with Gasteiger partial charge in [0, 0.05) is 41.0 Å². The van der Waals surface area contributed by atoms with Crippen LogP contribution >= 0.6 is 11.6 Å². The fourth-order valence-electron chi connectivity index (χ4n) is 5.53. The van der Waals surface area contributed by atoms with Crippen LogP contribution in [0.3, 0.4) is 0 Å². The topological polar surface area (TPSA) is 106 Å². The predicted molar refractivity (Wildman–Crippen MR) is 136 cm³/mol. The van der Waals surface area contributed by atoms with Gasteiger partial charge in [-0.25, -0.2) is 5.48 Å². The Morgan fingerprint density at radius 3 is 2.61 bits per heavy atom. The van der Waals surface area contributed by atoms with Gasteiger partial charge in [-0.1, -0.05) is 60.8 Å². The third-order valence-electron chi connectivity index (χ3n) is 7.25. The molecule has 5 rings (SSSR count). The Bertz CT molecular complexity index is 1310. The molecule has 2 aromatic carbocycles. The smallest absolute Gasteiger partial charge is 0.246 e. The summed E-state index contributed by atoms with van der Waals surface area (Å²) >= 11 is 6.62. The molecule has 2 aliphatic rings. The lowest BCUT2D eigenvalue weighted by molar-refractivity contribution is -0.158. The highest BCUT2D eigenvalue weighted by Crippen LogP contribution is 2.44. The highest BCUT2D eigenvalue weighted by molar-refractivity contribution is 6.31. The van der Waals surface area contributed by atoms with Crippen molar-refractivity contribution in [3.05, 3.63) is 70.4 Å². The van der Waals surface area contributed by atoms with E-state index in [-0.39, 0.29) is 24.8 Å². The van der Waals surface area contributed by atoms with E-state index in [9.17, 15) is 14.4 Å². The minimum absolute atomic E-state index is 0.0396. The highest BCUT2D eigenvalue weighted by atomic mass is 35.5. The van der Waals surface area contributed by atoms with Crippen molar-refractivity contribution in [2.24, 2.45) is 0 Å². The van der Waals surface area contributed by atoms with Crippen LogP contribution in [0.4, 0.5) is 0 Å². The Kier molecular flexibility index (Phi) is 6.98. The van der Waals surface area contributed by atoms with Gasteiger partial charge in [-0.05, 0) is 36.1 Å². The van der Waals surface area contributed by atoms with Crippen LogP contribution in [0.5, 0.6) is 0 Å². The number of H-pyrrole nitrogens is 1. The first-order valence-electron chi connectivity index (χ1n) is 12.4. The Morgan fingerprint density at radius 2 is 1.81 bits per heavy atom. The van der Waals surface area contributed by atoms with Crippen LogP contribution in [0.15, 0.2) is 48.5 Å². The largest absolute Gasteiger partial charge is 0.356 e. The summed E-state index contributed by atoms with van der Waals surface area (Å²) in [4.78, 5) is 45.3. The number of para-hydroxylation sites is 1. The van der Waals surface area contributed by atoms with E-state index < -0.39 is 18.0 Å². The molecular weight excluding hydrogens is 480 g/mol. The highest BCUT2D eigenvalue weighted by Gasteiger charge is 2.48. The maximum atomic E-state index is 13.7. The number of carbonyl (C=O) groups is 3. The Morgan fingerprint density at radius 1 is 1.06 bits per heavy atom. The minimum atomic E-state index is -0.590. The number of piperazine rings is 1. The van der Waals surface area contributed by atoms with Gasteiger partial charge in [-0.3, -0.25) is 19.6 Å². The van der Waals surface area contributed by atoms with Gasteiger partial charge in [0.25, 0.3) is 0 Å². The zero-order valence-corrected chi connectivity index (χ0v) is 20.6. The maximum absolute atomic E-state index is 13.7. The second-order valence-electron chi connectivity index (χ2n) is 9.47. The quantitative estimate of drug-likeness (QED) is 0.243. The molecule has 9 heteroatoms. The van der Waals surface area contributed by atoms with Crippen molar-refractivity contribution < 1.29 is 19.6 Å². The summed E-state index contributed by atoms with van der Waals surface area (Å²) in [5.74, 6) is -0.524. The monoisotopic (exact) mass is 508 g/mol. The lowest BCUT2D eigenvalue weighted by Crippen LogP contribution is -2.63.